The van der Waals surface area contributed by atoms with Gasteiger partial charge in [0.25, 0.3) is 10.2 Å². The van der Waals surface area contributed by atoms with E-state index in [2.05, 4.69) is 10.0 Å². The number of carbonyl (C=O) groups excluding carboxylic acids is 1. The molecule has 8 heteroatoms. The number of nitrogens with two attached hydrogens (primary N) is 1. The molecule has 1 aliphatic heterocycles. The lowest BCUT2D eigenvalue weighted by Crippen LogP contribution is -2.50. The van der Waals surface area contributed by atoms with E-state index >= 15 is 0 Å². The van der Waals surface area contributed by atoms with Crippen LogP contribution in [0.4, 0.5) is 4.79 Å². The van der Waals surface area contributed by atoms with Crippen LogP contribution in [-0.4, -0.2) is 45.0 Å². The van der Waals surface area contributed by atoms with Gasteiger partial charge in [-0.25, -0.2) is 14.7 Å². The summed E-state index contributed by atoms with van der Waals surface area (Å²) in [7, 11) is -3.65. The fourth-order valence-electron chi connectivity index (χ4n) is 2.99. The first-order valence-corrected chi connectivity index (χ1v) is 8.81. The summed E-state index contributed by atoms with van der Waals surface area (Å²) in [5.41, 5.74) is 0. The molecule has 2 amide bonds. The number of piperidine rings is 1. The molecule has 0 aromatic rings. The summed E-state index contributed by atoms with van der Waals surface area (Å²) < 4.78 is 24.1. The van der Waals surface area contributed by atoms with Gasteiger partial charge in [0.1, 0.15) is 0 Å². The predicted octanol–water partition coefficient (Wildman–Crippen LogP) is 0.144. The highest BCUT2D eigenvalue weighted by Crippen LogP contribution is 2.19. The van der Waals surface area contributed by atoms with E-state index in [-0.39, 0.29) is 11.9 Å². The summed E-state index contributed by atoms with van der Waals surface area (Å²) in [6, 6.07) is 0.294. The maximum atomic E-state index is 12.2. The van der Waals surface area contributed by atoms with Gasteiger partial charge in [-0.15, -0.1) is 0 Å². The Labute approximate surface area is 120 Å². The predicted molar refractivity (Wildman–Crippen MR) is 76.2 cm³/mol. The molecule has 1 saturated heterocycles. The van der Waals surface area contributed by atoms with Crippen molar-refractivity contribution < 1.29 is 13.2 Å². The molecule has 4 N–H and O–H groups in total. The van der Waals surface area contributed by atoms with Gasteiger partial charge in [-0.2, -0.15) is 8.42 Å². The molecular weight excluding hydrogens is 280 g/mol. The largest absolute Gasteiger partial charge is 0.335 e. The first-order valence-electron chi connectivity index (χ1n) is 7.27. The van der Waals surface area contributed by atoms with Gasteiger partial charge in [-0.3, -0.25) is 0 Å². The third-order valence-electron chi connectivity index (χ3n) is 4.06. The van der Waals surface area contributed by atoms with Gasteiger partial charge in [0, 0.05) is 25.7 Å². The van der Waals surface area contributed by atoms with E-state index in [0.29, 0.717) is 19.1 Å². The van der Waals surface area contributed by atoms with Crippen molar-refractivity contribution >= 4 is 16.2 Å². The number of nitrogens with zero attached hydrogens (tertiary/aromatic N) is 1. The molecule has 1 unspecified atom stereocenters. The molecule has 0 bridgehead atoms. The lowest BCUT2D eigenvalue weighted by molar-refractivity contribution is 0.163. The van der Waals surface area contributed by atoms with E-state index in [9.17, 15) is 13.2 Å². The topological polar surface area (TPSA) is 105 Å². The monoisotopic (exact) mass is 304 g/mol. The Bertz CT molecular complexity index is 434. The van der Waals surface area contributed by atoms with E-state index in [1.807, 2.05) is 0 Å². The molecule has 116 valence electrons. The number of carbonyl (C=O) groups is 1. The summed E-state index contributed by atoms with van der Waals surface area (Å²) in [5, 5.41) is 7.99. The van der Waals surface area contributed by atoms with Gasteiger partial charge in [0.05, 0.1) is 0 Å². The van der Waals surface area contributed by atoms with E-state index in [1.165, 1.54) is 12.8 Å². The molecule has 7 nitrogen and oxygen atoms in total. The van der Waals surface area contributed by atoms with Crippen LogP contribution in [0.3, 0.4) is 0 Å². The average molecular weight is 304 g/mol. The molecule has 0 spiro atoms. The van der Waals surface area contributed by atoms with Gasteiger partial charge in [0.2, 0.25) is 0 Å². The van der Waals surface area contributed by atoms with Crippen LogP contribution >= 0.6 is 0 Å². The van der Waals surface area contributed by atoms with Gasteiger partial charge in [-0.1, -0.05) is 12.8 Å². The number of hydrogen-bond donors (Lipinski definition) is 3. The van der Waals surface area contributed by atoms with E-state index in [4.69, 9.17) is 5.14 Å². The molecule has 2 rings (SSSR count). The van der Waals surface area contributed by atoms with Crippen LogP contribution in [0.15, 0.2) is 0 Å². The summed E-state index contributed by atoms with van der Waals surface area (Å²) in [5.74, 6) is 0.136. The third-order valence-corrected chi connectivity index (χ3v) is 4.63. The standard InChI is InChI=1S/C12H24N4O3S/c13-20(18,19)14-8-10-4-3-7-16(9-10)12(17)15-11-5-1-2-6-11/h10-11,14H,1-9H2,(H,15,17)(H2,13,18,19). The minimum Gasteiger partial charge on any atom is -0.335 e. The van der Waals surface area contributed by atoms with Crippen molar-refractivity contribution in [2.45, 2.75) is 44.6 Å². The van der Waals surface area contributed by atoms with Crippen molar-refractivity contribution in [3.63, 3.8) is 0 Å². The maximum absolute atomic E-state index is 12.2. The zero-order valence-electron chi connectivity index (χ0n) is 11.7. The third kappa shape index (κ3) is 4.92. The van der Waals surface area contributed by atoms with Gasteiger partial charge >= 0.3 is 6.03 Å². The summed E-state index contributed by atoms with van der Waals surface area (Å²) >= 11 is 0. The number of rotatable bonds is 4. The van der Waals surface area contributed by atoms with Crippen LogP contribution in [0.1, 0.15) is 38.5 Å². The quantitative estimate of drug-likeness (QED) is 0.688. The van der Waals surface area contributed by atoms with Crippen molar-refractivity contribution in [2.75, 3.05) is 19.6 Å². The lowest BCUT2D eigenvalue weighted by atomic mass is 9.99. The number of nitrogens with one attached hydrogen (secondary N) is 2. The second-order valence-corrected chi connectivity index (χ2v) is 7.16. The molecule has 1 aliphatic carbocycles. The first kappa shape index (κ1) is 15.5. The SMILES string of the molecule is NS(=O)(=O)NCC1CCCN(C(=O)NC2CCCC2)C1. The number of urea groups is 1. The summed E-state index contributed by atoms with van der Waals surface area (Å²) in [6.45, 7) is 1.62. The molecule has 0 radical (unpaired) electrons. The fourth-order valence-corrected chi connectivity index (χ4v) is 3.45. The smallest absolute Gasteiger partial charge is 0.317 e. The molecule has 2 fully saturated rings. The highest BCUT2D eigenvalue weighted by molar-refractivity contribution is 7.87. The van der Waals surface area contributed by atoms with Gasteiger partial charge in [-0.05, 0) is 31.6 Å². The van der Waals surface area contributed by atoms with Crippen LogP contribution in [0.5, 0.6) is 0 Å². The minimum absolute atomic E-state index is 0.0165. The van der Waals surface area contributed by atoms with Crippen LogP contribution in [0, 0.1) is 5.92 Å². The van der Waals surface area contributed by atoms with E-state index in [1.54, 1.807) is 4.90 Å². The van der Waals surface area contributed by atoms with Crippen molar-refractivity contribution in [2.24, 2.45) is 11.1 Å². The first-order chi connectivity index (χ1) is 9.44. The molecule has 1 saturated carbocycles. The van der Waals surface area contributed by atoms with Crippen LogP contribution < -0.4 is 15.2 Å². The molecular formula is C12H24N4O3S. The Hall–Kier alpha value is -0.860. The van der Waals surface area contributed by atoms with Crippen molar-refractivity contribution in [3.05, 3.63) is 0 Å². The highest BCUT2D eigenvalue weighted by Gasteiger charge is 2.26. The second-order valence-electron chi connectivity index (χ2n) is 5.78. The van der Waals surface area contributed by atoms with Crippen molar-refractivity contribution in [1.82, 2.24) is 14.9 Å². The fraction of sp³-hybridized carbons (Fsp3) is 0.917. The van der Waals surface area contributed by atoms with Crippen LogP contribution in [-0.2, 0) is 10.2 Å². The Kier molecular flexibility index (Phi) is 5.22. The normalized spacial score (nSPS) is 24.9. The van der Waals surface area contributed by atoms with Crippen LogP contribution in [0.25, 0.3) is 0 Å². The Morgan fingerprint density at radius 3 is 2.55 bits per heavy atom. The molecule has 0 aromatic heterocycles. The zero-order valence-corrected chi connectivity index (χ0v) is 12.5. The molecule has 0 aromatic carbocycles. The van der Waals surface area contributed by atoms with Crippen molar-refractivity contribution in [1.29, 1.82) is 0 Å². The maximum Gasteiger partial charge on any atom is 0.317 e. The number of hydrogen-bond acceptors (Lipinski definition) is 3. The second kappa shape index (κ2) is 6.73. The number of amides is 2. The molecule has 20 heavy (non-hydrogen) atoms. The highest BCUT2D eigenvalue weighted by atomic mass is 32.2. The Morgan fingerprint density at radius 1 is 1.20 bits per heavy atom. The van der Waals surface area contributed by atoms with Gasteiger partial charge < -0.3 is 10.2 Å². The molecule has 2 aliphatic rings. The lowest BCUT2D eigenvalue weighted by Gasteiger charge is -2.33. The Balaban J connectivity index is 1.78. The van der Waals surface area contributed by atoms with Crippen LogP contribution in [0.2, 0.25) is 0 Å². The van der Waals surface area contributed by atoms with E-state index in [0.717, 1.165) is 32.2 Å². The minimum atomic E-state index is -3.65. The summed E-state index contributed by atoms with van der Waals surface area (Å²) in [6.07, 6.45) is 6.31. The van der Waals surface area contributed by atoms with E-state index < -0.39 is 10.2 Å². The Morgan fingerprint density at radius 2 is 1.90 bits per heavy atom. The zero-order chi connectivity index (χ0) is 14.6. The van der Waals surface area contributed by atoms with Crippen molar-refractivity contribution in [3.8, 4) is 0 Å². The summed E-state index contributed by atoms with van der Waals surface area (Å²) in [4.78, 5) is 13.9. The average Bonchev–Trinajstić information content (AvgIpc) is 2.89. The number of likely N-dealkylation sites (tertiary alicyclic amines) is 1. The van der Waals surface area contributed by atoms with Gasteiger partial charge in [0.15, 0.2) is 0 Å². The molecule has 1 heterocycles. The molecule has 1 atom stereocenters.